The highest BCUT2D eigenvalue weighted by Gasteiger charge is 2.11. The lowest BCUT2D eigenvalue weighted by Crippen LogP contribution is -2.21. The number of nitrogens with one attached hydrogen (secondary N) is 1. The summed E-state index contributed by atoms with van der Waals surface area (Å²) in [5.41, 5.74) is 3.76. The molecule has 1 amide bonds. The number of aryl methyl sites for hydroxylation is 2. The van der Waals surface area contributed by atoms with Gasteiger partial charge in [0.1, 0.15) is 11.6 Å². The average Bonchev–Trinajstić information content (AvgIpc) is 2.74. The normalized spacial score (nSPS) is 10.4. The average molecular weight is 391 g/mol. The van der Waals surface area contributed by atoms with Gasteiger partial charge in [0.25, 0.3) is 5.91 Å². The fraction of sp³-hybridized carbons (Fsp3) is 0.167. The van der Waals surface area contributed by atoms with Crippen molar-refractivity contribution in [2.45, 2.75) is 20.3 Å². The minimum Gasteiger partial charge on any atom is -0.484 e. The van der Waals surface area contributed by atoms with Crippen LogP contribution in [-0.4, -0.2) is 18.3 Å². The first kappa shape index (κ1) is 20.3. The molecule has 0 unspecified atom stereocenters. The number of ketones is 1. The Hall–Kier alpha value is -3.47. The highest BCUT2D eigenvalue weighted by atomic mass is 19.1. The molecule has 4 nitrogen and oxygen atoms in total. The first-order valence-electron chi connectivity index (χ1n) is 9.39. The predicted molar refractivity (Wildman–Crippen MR) is 111 cm³/mol. The van der Waals surface area contributed by atoms with Crippen molar-refractivity contribution in [2.75, 3.05) is 11.9 Å². The van der Waals surface area contributed by atoms with Gasteiger partial charge < -0.3 is 10.1 Å². The number of para-hydroxylation sites is 1. The number of benzene rings is 3. The maximum absolute atomic E-state index is 13.0. The molecule has 0 atom stereocenters. The van der Waals surface area contributed by atoms with Gasteiger partial charge in [-0.25, -0.2) is 4.39 Å². The van der Waals surface area contributed by atoms with Crippen molar-refractivity contribution in [1.82, 2.24) is 0 Å². The Morgan fingerprint density at radius 2 is 1.55 bits per heavy atom. The van der Waals surface area contributed by atoms with E-state index in [2.05, 4.69) is 5.32 Å². The number of ether oxygens (including phenoxy) is 1. The van der Waals surface area contributed by atoms with Crippen LogP contribution < -0.4 is 10.1 Å². The smallest absolute Gasteiger partial charge is 0.262 e. The van der Waals surface area contributed by atoms with Crippen LogP contribution in [0.3, 0.4) is 0 Å². The molecule has 1 N–H and O–H groups in total. The molecule has 0 bridgehead atoms. The molecule has 0 heterocycles. The highest BCUT2D eigenvalue weighted by Crippen LogP contribution is 2.21. The lowest BCUT2D eigenvalue weighted by molar-refractivity contribution is -0.118. The quantitative estimate of drug-likeness (QED) is 0.580. The van der Waals surface area contributed by atoms with E-state index in [1.54, 1.807) is 24.3 Å². The van der Waals surface area contributed by atoms with Gasteiger partial charge in [0.15, 0.2) is 12.4 Å². The molecule has 0 saturated heterocycles. The van der Waals surface area contributed by atoms with E-state index < -0.39 is 0 Å². The minimum absolute atomic E-state index is 0.136. The molecule has 0 aliphatic rings. The molecule has 0 spiro atoms. The van der Waals surface area contributed by atoms with Gasteiger partial charge in [-0.1, -0.05) is 25.1 Å². The third-order valence-corrected chi connectivity index (χ3v) is 4.60. The number of halogens is 1. The molecule has 29 heavy (non-hydrogen) atoms. The summed E-state index contributed by atoms with van der Waals surface area (Å²) < 4.78 is 18.5. The molecule has 0 saturated carbocycles. The molecular weight excluding hydrogens is 369 g/mol. The first-order chi connectivity index (χ1) is 14.0. The minimum atomic E-state index is -0.389. The molecule has 0 aromatic heterocycles. The van der Waals surface area contributed by atoms with E-state index in [4.69, 9.17) is 4.74 Å². The summed E-state index contributed by atoms with van der Waals surface area (Å²) in [4.78, 5) is 24.7. The van der Waals surface area contributed by atoms with E-state index in [0.717, 1.165) is 23.2 Å². The number of rotatable bonds is 7. The fourth-order valence-corrected chi connectivity index (χ4v) is 3.00. The standard InChI is InChI=1S/C24H22FNO3/c1-3-17-6-4-5-16(2)23(17)26-22(27)15-29-21-13-9-19(10-14-21)24(28)18-7-11-20(25)12-8-18/h4-14H,3,15H2,1-2H3,(H,26,27). The molecule has 5 heteroatoms. The second-order valence-electron chi connectivity index (χ2n) is 6.66. The van der Waals surface area contributed by atoms with Crippen molar-refractivity contribution in [3.8, 4) is 5.75 Å². The maximum Gasteiger partial charge on any atom is 0.262 e. The summed E-state index contributed by atoms with van der Waals surface area (Å²) in [6.45, 7) is 3.85. The largest absolute Gasteiger partial charge is 0.484 e. The Kier molecular flexibility index (Phi) is 6.39. The Morgan fingerprint density at radius 3 is 2.17 bits per heavy atom. The molecule has 3 aromatic carbocycles. The van der Waals surface area contributed by atoms with Crippen LogP contribution in [0.1, 0.15) is 34.0 Å². The van der Waals surface area contributed by atoms with E-state index in [1.807, 2.05) is 32.0 Å². The topological polar surface area (TPSA) is 55.4 Å². The molecule has 3 aromatic rings. The number of carbonyl (C=O) groups excluding carboxylic acids is 2. The summed E-state index contributed by atoms with van der Waals surface area (Å²) in [6.07, 6.45) is 0.821. The molecule has 0 radical (unpaired) electrons. The van der Waals surface area contributed by atoms with Gasteiger partial charge >= 0.3 is 0 Å². The third-order valence-electron chi connectivity index (χ3n) is 4.60. The van der Waals surface area contributed by atoms with Gasteiger partial charge in [-0.15, -0.1) is 0 Å². The zero-order chi connectivity index (χ0) is 20.8. The molecule has 3 rings (SSSR count). The lowest BCUT2D eigenvalue weighted by atomic mass is 10.0. The summed E-state index contributed by atoms with van der Waals surface area (Å²) >= 11 is 0. The molecule has 148 valence electrons. The first-order valence-corrected chi connectivity index (χ1v) is 9.39. The van der Waals surface area contributed by atoms with Gasteiger partial charge in [-0.3, -0.25) is 9.59 Å². The van der Waals surface area contributed by atoms with E-state index in [-0.39, 0.29) is 24.1 Å². The zero-order valence-electron chi connectivity index (χ0n) is 16.4. The fourth-order valence-electron chi connectivity index (χ4n) is 3.00. The van der Waals surface area contributed by atoms with Crippen LogP contribution in [0.15, 0.2) is 66.7 Å². The summed E-state index contributed by atoms with van der Waals surface area (Å²) in [5.74, 6) is -0.363. The number of carbonyl (C=O) groups is 2. The summed E-state index contributed by atoms with van der Waals surface area (Å²) in [6, 6.07) is 17.8. The number of amides is 1. The number of hydrogen-bond donors (Lipinski definition) is 1. The Bertz CT molecular complexity index is 1010. The summed E-state index contributed by atoms with van der Waals surface area (Å²) in [5, 5.41) is 2.91. The zero-order valence-corrected chi connectivity index (χ0v) is 16.4. The second kappa shape index (κ2) is 9.15. The van der Waals surface area contributed by atoms with E-state index in [0.29, 0.717) is 16.9 Å². The summed E-state index contributed by atoms with van der Waals surface area (Å²) in [7, 11) is 0. The Morgan fingerprint density at radius 1 is 0.931 bits per heavy atom. The van der Waals surface area contributed by atoms with Crippen molar-refractivity contribution in [1.29, 1.82) is 0 Å². The molecular formula is C24H22FNO3. The highest BCUT2D eigenvalue weighted by molar-refractivity contribution is 6.09. The lowest BCUT2D eigenvalue weighted by Gasteiger charge is -2.13. The van der Waals surface area contributed by atoms with Crippen molar-refractivity contribution >= 4 is 17.4 Å². The van der Waals surface area contributed by atoms with Crippen LogP contribution in [0.25, 0.3) is 0 Å². The van der Waals surface area contributed by atoms with Crippen molar-refractivity contribution in [2.24, 2.45) is 0 Å². The van der Waals surface area contributed by atoms with E-state index >= 15 is 0 Å². The van der Waals surface area contributed by atoms with Gasteiger partial charge in [0.05, 0.1) is 0 Å². The van der Waals surface area contributed by atoms with Crippen LogP contribution in [-0.2, 0) is 11.2 Å². The maximum atomic E-state index is 13.0. The molecule has 0 aliphatic carbocycles. The third kappa shape index (κ3) is 5.08. The van der Waals surface area contributed by atoms with E-state index in [1.165, 1.54) is 24.3 Å². The van der Waals surface area contributed by atoms with Crippen LogP contribution in [0.4, 0.5) is 10.1 Å². The Labute approximate surface area is 169 Å². The SMILES string of the molecule is CCc1cccc(C)c1NC(=O)COc1ccc(C(=O)c2ccc(F)cc2)cc1. The van der Waals surface area contributed by atoms with Gasteiger partial charge in [-0.05, 0) is 73.0 Å². The number of anilines is 1. The van der Waals surface area contributed by atoms with Gasteiger partial charge in [0.2, 0.25) is 0 Å². The van der Waals surface area contributed by atoms with Crippen LogP contribution in [0, 0.1) is 12.7 Å². The van der Waals surface area contributed by atoms with Gasteiger partial charge in [-0.2, -0.15) is 0 Å². The monoisotopic (exact) mass is 391 g/mol. The van der Waals surface area contributed by atoms with Crippen LogP contribution in [0.2, 0.25) is 0 Å². The predicted octanol–water partition coefficient (Wildman–Crippen LogP) is 4.95. The van der Waals surface area contributed by atoms with Crippen molar-refractivity contribution in [3.63, 3.8) is 0 Å². The van der Waals surface area contributed by atoms with Crippen molar-refractivity contribution in [3.05, 3.63) is 94.8 Å². The van der Waals surface area contributed by atoms with Crippen LogP contribution >= 0.6 is 0 Å². The Balaban J connectivity index is 1.60. The van der Waals surface area contributed by atoms with E-state index in [9.17, 15) is 14.0 Å². The molecule has 0 fully saturated rings. The second-order valence-corrected chi connectivity index (χ2v) is 6.66. The van der Waals surface area contributed by atoms with Gasteiger partial charge in [0, 0.05) is 16.8 Å². The molecule has 0 aliphatic heterocycles. The van der Waals surface area contributed by atoms with Crippen molar-refractivity contribution < 1.29 is 18.7 Å². The van der Waals surface area contributed by atoms with Crippen LogP contribution in [0.5, 0.6) is 5.75 Å². The number of hydrogen-bond acceptors (Lipinski definition) is 3.